The molecule has 1 aliphatic carbocycles. The zero-order chi connectivity index (χ0) is 7.56. The molecule has 0 radical (unpaired) electrons. The Hall–Kier alpha value is -0.400. The maximum Gasteiger partial charge on any atom is 0.0738 e. The molecule has 54 valence electrons. The summed E-state index contributed by atoms with van der Waals surface area (Å²) in [7, 11) is 0. The van der Waals surface area contributed by atoms with E-state index in [1.807, 2.05) is 18.2 Å². The molecule has 0 spiro atoms. The largest absolute Gasteiger partial charge is 0.194 e. The van der Waals surface area contributed by atoms with E-state index in [0.29, 0.717) is 0 Å². The van der Waals surface area contributed by atoms with Crippen LogP contribution in [0.4, 0.5) is 0 Å². The van der Waals surface area contributed by atoms with Crippen molar-refractivity contribution in [1.29, 1.82) is 0 Å². The van der Waals surface area contributed by atoms with Gasteiger partial charge in [-0.25, -0.2) is 0 Å². The molecule has 10 heavy (non-hydrogen) atoms. The van der Waals surface area contributed by atoms with Gasteiger partial charge in [-0.3, -0.25) is 0 Å². The number of rotatable bonds is 1. The van der Waals surface area contributed by atoms with Crippen molar-refractivity contribution in [1.82, 2.24) is 3.94 Å². The van der Waals surface area contributed by atoms with E-state index in [0.717, 1.165) is 21.6 Å². The first kappa shape index (κ1) is 7.70. The Morgan fingerprint density at radius 3 is 2.60 bits per heavy atom. The molecular formula is C7H7Cl2N. The van der Waals surface area contributed by atoms with E-state index in [4.69, 9.17) is 23.6 Å². The maximum absolute atomic E-state index is 5.49. The van der Waals surface area contributed by atoms with Crippen molar-refractivity contribution in [2.75, 3.05) is 0 Å². The molecule has 0 amide bonds. The Morgan fingerprint density at radius 1 is 1.50 bits per heavy atom. The van der Waals surface area contributed by atoms with Crippen molar-refractivity contribution >= 4 is 23.6 Å². The molecule has 0 atom stereocenters. The normalized spacial score (nSPS) is 17.0. The SMILES string of the molecule is C=C1CC=CC=C1N(Cl)Cl. The standard InChI is InChI=1S/C7H7Cl2N/c1-6-4-2-3-5-7(6)10(8)9/h2-3,5H,1,4H2. The highest BCUT2D eigenvalue weighted by molar-refractivity contribution is 6.35. The maximum atomic E-state index is 5.49. The van der Waals surface area contributed by atoms with Crippen LogP contribution in [0.2, 0.25) is 0 Å². The first-order chi connectivity index (χ1) is 4.72. The van der Waals surface area contributed by atoms with Crippen LogP contribution < -0.4 is 0 Å². The van der Waals surface area contributed by atoms with Crippen LogP contribution in [0.5, 0.6) is 0 Å². The summed E-state index contributed by atoms with van der Waals surface area (Å²) in [6.45, 7) is 3.79. The molecule has 1 nitrogen and oxygen atoms in total. The number of hydrogen-bond acceptors (Lipinski definition) is 1. The first-order valence-corrected chi connectivity index (χ1v) is 3.56. The molecule has 0 aliphatic heterocycles. The Balaban J connectivity index is 2.80. The predicted octanol–water partition coefficient (Wildman–Crippen LogP) is 3.00. The monoisotopic (exact) mass is 175 g/mol. The van der Waals surface area contributed by atoms with Crippen molar-refractivity contribution in [3.8, 4) is 0 Å². The van der Waals surface area contributed by atoms with Gasteiger partial charge in [0, 0.05) is 23.6 Å². The number of allylic oxidation sites excluding steroid dienone is 4. The van der Waals surface area contributed by atoms with Gasteiger partial charge in [0.2, 0.25) is 0 Å². The Morgan fingerprint density at radius 2 is 2.20 bits per heavy atom. The molecule has 0 heterocycles. The molecular weight excluding hydrogens is 169 g/mol. The third-order valence-electron chi connectivity index (χ3n) is 1.30. The highest BCUT2D eigenvalue weighted by Crippen LogP contribution is 2.24. The van der Waals surface area contributed by atoms with Gasteiger partial charge >= 0.3 is 0 Å². The van der Waals surface area contributed by atoms with Gasteiger partial charge in [0.15, 0.2) is 0 Å². The third-order valence-corrected chi connectivity index (χ3v) is 1.66. The molecule has 0 unspecified atom stereocenters. The van der Waals surface area contributed by atoms with Gasteiger partial charge in [0.05, 0.1) is 5.70 Å². The lowest BCUT2D eigenvalue weighted by Crippen LogP contribution is -2.01. The zero-order valence-electron chi connectivity index (χ0n) is 5.35. The average molecular weight is 176 g/mol. The highest BCUT2D eigenvalue weighted by Gasteiger charge is 2.08. The average Bonchev–Trinajstić information content (AvgIpc) is 1.88. The summed E-state index contributed by atoms with van der Waals surface area (Å²) in [4.78, 5) is 0. The van der Waals surface area contributed by atoms with Crippen LogP contribution in [-0.2, 0) is 0 Å². The lowest BCUT2D eigenvalue weighted by molar-refractivity contribution is 0.873. The number of hydrogen-bond donors (Lipinski definition) is 0. The molecule has 0 bridgehead atoms. The van der Waals surface area contributed by atoms with Gasteiger partial charge in [0.25, 0.3) is 0 Å². The van der Waals surface area contributed by atoms with E-state index in [2.05, 4.69) is 6.58 Å². The molecule has 1 rings (SSSR count). The topological polar surface area (TPSA) is 3.24 Å². The van der Waals surface area contributed by atoms with Gasteiger partial charge < -0.3 is 0 Å². The van der Waals surface area contributed by atoms with Crippen LogP contribution in [0, 0.1) is 0 Å². The highest BCUT2D eigenvalue weighted by atomic mass is 35.5. The van der Waals surface area contributed by atoms with Crippen molar-refractivity contribution < 1.29 is 0 Å². The fourth-order valence-electron chi connectivity index (χ4n) is 0.768. The van der Waals surface area contributed by atoms with E-state index >= 15 is 0 Å². The van der Waals surface area contributed by atoms with Crippen LogP contribution in [0.25, 0.3) is 0 Å². The van der Waals surface area contributed by atoms with E-state index in [-0.39, 0.29) is 0 Å². The van der Waals surface area contributed by atoms with Crippen molar-refractivity contribution in [2.45, 2.75) is 6.42 Å². The van der Waals surface area contributed by atoms with Crippen molar-refractivity contribution in [3.05, 3.63) is 36.1 Å². The summed E-state index contributed by atoms with van der Waals surface area (Å²) >= 11 is 11.0. The molecule has 0 N–H and O–H groups in total. The fourth-order valence-corrected chi connectivity index (χ4v) is 1.12. The second kappa shape index (κ2) is 3.13. The minimum Gasteiger partial charge on any atom is -0.194 e. The van der Waals surface area contributed by atoms with Crippen LogP contribution in [-0.4, -0.2) is 3.94 Å². The zero-order valence-corrected chi connectivity index (χ0v) is 6.86. The summed E-state index contributed by atoms with van der Waals surface area (Å²) in [5, 5.41) is 0. The van der Waals surface area contributed by atoms with Crippen molar-refractivity contribution in [3.63, 3.8) is 0 Å². The number of halogens is 2. The fraction of sp³-hybridized carbons (Fsp3) is 0.143. The van der Waals surface area contributed by atoms with Crippen LogP contribution in [0.15, 0.2) is 36.1 Å². The number of nitrogens with zero attached hydrogens (tertiary/aromatic N) is 1. The minimum atomic E-state index is 0.769. The van der Waals surface area contributed by atoms with E-state index in [1.165, 1.54) is 0 Å². The molecule has 3 heteroatoms. The molecule has 0 aromatic carbocycles. The second-order valence-electron chi connectivity index (χ2n) is 2.02. The third kappa shape index (κ3) is 1.55. The van der Waals surface area contributed by atoms with Gasteiger partial charge in [-0.2, -0.15) is 3.94 Å². The van der Waals surface area contributed by atoms with E-state index in [1.54, 1.807) is 0 Å². The van der Waals surface area contributed by atoms with Crippen LogP contribution in [0.3, 0.4) is 0 Å². The second-order valence-corrected chi connectivity index (χ2v) is 2.87. The first-order valence-electron chi connectivity index (χ1n) is 2.88. The Bertz CT molecular complexity index is 204. The summed E-state index contributed by atoms with van der Waals surface area (Å²) in [6, 6.07) is 0. The van der Waals surface area contributed by atoms with E-state index in [9.17, 15) is 0 Å². The molecule has 0 saturated heterocycles. The molecule has 0 aromatic heterocycles. The summed E-state index contributed by atoms with van der Waals surface area (Å²) < 4.78 is 1.03. The van der Waals surface area contributed by atoms with Crippen LogP contribution in [0.1, 0.15) is 6.42 Å². The lowest BCUT2D eigenvalue weighted by Gasteiger charge is -2.14. The molecule has 0 fully saturated rings. The minimum absolute atomic E-state index is 0.769. The van der Waals surface area contributed by atoms with Gasteiger partial charge in [-0.05, 0) is 18.1 Å². The van der Waals surface area contributed by atoms with Gasteiger partial charge in [0.1, 0.15) is 0 Å². The van der Waals surface area contributed by atoms with Gasteiger partial charge in [-0.15, -0.1) is 0 Å². The smallest absolute Gasteiger partial charge is 0.0738 e. The van der Waals surface area contributed by atoms with E-state index < -0.39 is 0 Å². The lowest BCUT2D eigenvalue weighted by atomic mass is 10.1. The molecule has 1 aliphatic rings. The molecule has 0 saturated carbocycles. The Kier molecular flexibility index (Phi) is 2.41. The van der Waals surface area contributed by atoms with Crippen molar-refractivity contribution in [2.24, 2.45) is 0 Å². The Labute approximate surface area is 70.4 Å². The predicted molar refractivity (Wildman–Crippen MR) is 44.5 cm³/mol. The van der Waals surface area contributed by atoms with Crippen LogP contribution >= 0.6 is 23.6 Å². The quantitative estimate of drug-likeness (QED) is 0.555. The molecule has 0 aromatic rings. The summed E-state index contributed by atoms with van der Waals surface area (Å²) in [6.07, 6.45) is 6.55. The van der Waals surface area contributed by atoms with Gasteiger partial charge in [-0.1, -0.05) is 18.7 Å². The summed E-state index contributed by atoms with van der Waals surface area (Å²) in [5.41, 5.74) is 1.71. The summed E-state index contributed by atoms with van der Waals surface area (Å²) in [5.74, 6) is 0.